The Morgan fingerprint density at radius 2 is 2.17 bits per heavy atom. The Labute approximate surface area is 105 Å². The van der Waals surface area contributed by atoms with Gasteiger partial charge in [0.2, 0.25) is 11.8 Å². The van der Waals surface area contributed by atoms with Gasteiger partial charge in [0.1, 0.15) is 6.04 Å². The number of amides is 2. The Balaban J connectivity index is 1.98. The highest BCUT2D eigenvalue weighted by atomic mass is 16.4. The number of carboxylic acid groups (broad SMARTS) is 1. The van der Waals surface area contributed by atoms with Crippen LogP contribution in [0.4, 0.5) is 0 Å². The second kappa shape index (κ2) is 4.59. The molecule has 1 aliphatic carbocycles. The third kappa shape index (κ3) is 2.19. The molecular weight excluding hydrogens is 236 g/mol. The molecule has 0 aromatic heterocycles. The molecule has 6 heteroatoms. The third-order valence-corrected chi connectivity index (χ3v) is 4.07. The number of carboxylic acids is 1. The van der Waals surface area contributed by atoms with Crippen molar-refractivity contribution in [1.82, 2.24) is 10.6 Å². The molecule has 3 atom stereocenters. The van der Waals surface area contributed by atoms with Gasteiger partial charge >= 0.3 is 5.97 Å². The SMILES string of the molecule is CC1(C(=O)O)CCCC1NC(=O)[C@@H]1CCC(=O)N1. The molecule has 1 saturated heterocycles. The van der Waals surface area contributed by atoms with Gasteiger partial charge in [-0.05, 0) is 26.2 Å². The van der Waals surface area contributed by atoms with Gasteiger partial charge in [0.25, 0.3) is 0 Å². The molecule has 0 spiro atoms. The van der Waals surface area contributed by atoms with Crippen LogP contribution in [0.1, 0.15) is 39.0 Å². The molecule has 1 aliphatic heterocycles. The number of carbonyl (C=O) groups excluding carboxylic acids is 2. The van der Waals surface area contributed by atoms with Crippen LogP contribution in [-0.4, -0.2) is 35.0 Å². The summed E-state index contributed by atoms with van der Waals surface area (Å²) in [5, 5.41) is 14.6. The maximum atomic E-state index is 11.9. The number of rotatable bonds is 3. The van der Waals surface area contributed by atoms with Crippen molar-refractivity contribution in [3.05, 3.63) is 0 Å². The Hall–Kier alpha value is -1.59. The van der Waals surface area contributed by atoms with Gasteiger partial charge in [0.05, 0.1) is 5.41 Å². The van der Waals surface area contributed by atoms with Gasteiger partial charge in [0.15, 0.2) is 0 Å². The first-order valence-corrected chi connectivity index (χ1v) is 6.26. The Bertz CT molecular complexity index is 396. The van der Waals surface area contributed by atoms with E-state index in [2.05, 4.69) is 10.6 Å². The zero-order valence-corrected chi connectivity index (χ0v) is 10.4. The summed E-state index contributed by atoms with van der Waals surface area (Å²) in [6.07, 6.45) is 2.89. The van der Waals surface area contributed by atoms with Crippen molar-refractivity contribution in [2.45, 2.75) is 51.1 Å². The first-order chi connectivity index (χ1) is 8.43. The van der Waals surface area contributed by atoms with Crippen molar-refractivity contribution in [3.63, 3.8) is 0 Å². The highest BCUT2D eigenvalue weighted by Gasteiger charge is 2.46. The zero-order valence-electron chi connectivity index (χ0n) is 10.4. The van der Waals surface area contributed by atoms with E-state index in [1.165, 1.54) is 0 Å². The molecule has 18 heavy (non-hydrogen) atoms. The van der Waals surface area contributed by atoms with Crippen molar-refractivity contribution in [2.24, 2.45) is 5.41 Å². The molecule has 1 heterocycles. The van der Waals surface area contributed by atoms with Crippen LogP contribution in [0.2, 0.25) is 0 Å². The van der Waals surface area contributed by atoms with Gasteiger partial charge in [0, 0.05) is 12.5 Å². The summed E-state index contributed by atoms with van der Waals surface area (Å²) in [4.78, 5) is 34.3. The van der Waals surface area contributed by atoms with E-state index in [9.17, 15) is 19.5 Å². The van der Waals surface area contributed by atoms with Gasteiger partial charge in [-0.1, -0.05) is 6.42 Å². The lowest BCUT2D eigenvalue weighted by molar-refractivity contribution is -0.149. The van der Waals surface area contributed by atoms with Gasteiger partial charge in [-0.25, -0.2) is 0 Å². The first kappa shape index (κ1) is 12.9. The Morgan fingerprint density at radius 3 is 2.72 bits per heavy atom. The lowest BCUT2D eigenvalue weighted by Gasteiger charge is -2.28. The number of aliphatic carboxylic acids is 1. The fourth-order valence-electron chi connectivity index (χ4n) is 2.74. The van der Waals surface area contributed by atoms with Crippen molar-refractivity contribution >= 4 is 17.8 Å². The minimum absolute atomic E-state index is 0.123. The predicted octanol–water partition coefficient (Wildman–Crippen LogP) is 0.0246. The van der Waals surface area contributed by atoms with Crippen LogP contribution in [0.15, 0.2) is 0 Å². The van der Waals surface area contributed by atoms with Crippen molar-refractivity contribution in [1.29, 1.82) is 0 Å². The molecule has 2 unspecified atom stereocenters. The van der Waals surface area contributed by atoms with E-state index in [4.69, 9.17) is 0 Å². The van der Waals surface area contributed by atoms with Crippen molar-refractivity contribution in [3.8, 4) is 0 Å². The molecular formula is C12H18N2O4. The second-order valence-corrected chi connectivity index (χ2v) is 5.33. The highest BCUT2D eigenvalue weighted by molar-refractivity contribution is 5.91. The van der Waals surface area contributed by atoms with Gasteiger partial charge in [-0.2, -0.15) is 0 Å². The third-order valence-electron chi connectivity index (χ3n) is 4.07. The largest absolute Gasteiger partial charge is 0.481 e. The van der Waals surface area contributed by atoms with Gasteiger partial charge in [-0.15, -0.1) is 0 Å². The summed E-state index contributed by atoms with van der Waals surface area (Å²) in [5.74, 6) is -1.26. The molecule has 0 bridgehead atoms. The summed E-state index contributed by atoms with van der Waals surface area (Å²) >= 11 is 0. The quantitative estimate of drug-likeness (QED) is 0.662. The van der Waals surface area contributed by atoms with E-state index in [1.54, 1.807) is 6.92 Å². The van der Waals surface area contributed by atoms with Crippen molar-refractivity contribution in [2.75, 3.05) is 0 Å². The van der Waals surface area contributed by atoms with E-state index in [1.807, 2.05) is 0 Å². The summed E-state index contributed by atoms with van der Waals surface area (Å²) in [5.41, 5.74) is -0.891. The lowest BCUT2D eigenvalue weighted by Crippen LogP contribution is -2.51. The van der Waals surface area contributed by atoms with Crippen LogP contribution in [0, 0.1) is 5.41 Å². The van der Waals surface area contributed by atoms with Crippen LogP contribution >= 0.6 is 0 Å². The summed E-state index contributed by atoms with van der Waals surface area (Å²) in [6, 6.07) is -0.851. The smallest absolute Gasteiger partial charge is 0.311 e. The molecule has 100 valence electrons. The zero-order chi connectivity index (χ0) is 13.3. The molecule has 2 amide bonds. The first-order valence-electron chi connectivity index (χ1n) is 6.26. The van der Waals surface area contributed by atoms with E-state index < -0.39 is 17.4 Å². The number of nitrogens with one attached hydrogen (secondary N) is 2. The molecule has 0 aromatic rings. The topological polar surface area (TPSA) is 95.5 Å². The molecule has 0 aromatic carbocycles. The maximum absolute atomic E-state index is 11.9. The average molecular weight is 254 g/mol. The standard InChI is InChI=1S/C12H18N2O4/c1-12(11(17)18)6-2-3-8(12)14-10(16)7-4-5-9(15)13-7/h7-8H,2-6H2,1H3,(H,13,15)(H,14,16)(H,17,18)/t7-,8?,12?/m0/s1. The minimum Gasteiger partial charge on any atom is -0.481 e. The second-order valence-electron chi connectivity index (χ2n) is 5.33. The number of hydrogen-bond donors (Lipinski definition) is 3. The average Bonchev–Trinajstić information content (AvgIpc) is 2.87. The molecule has 2 rings (SSSR count). The van der Waals surface area contributed by atoms with Crippen LogP contribution in [0.25, 0.3) is 0 Å². The van der Waals surface area contributed by atoms with Crippen LogP contribution < -0.4 is 10.6 Å². The number of carbonyl (C=O) groups is 3. The van der Waals surface area contributed by atoms with E-state index in [0.29, 0.717) is 25.7 Å². The van der Waals surface area contributed by atoms with Gasteiger partial charge < -0.3 is 15.7 Å². The van der Waals surface area contributed by atoms with Gasteiger partial charge in [-0.3, -0.25) is 14.4 Å². The monoisotopic (exact) mass is 254 g/mol. The number of hydrogen-bond acceptors (Lipinski definition) is 3. The normalized spacial score (nSPS) is 35.3. The molecule has 2 fully saturated rings. The molecule has 2 aliphatic rings. The van der Waals surface area contributed by atoms with Crippen LogP contribution in [-0.2, 0) is 14.4 Å². The highest BCUT2D eigenvalue weighted by Crippen LogP contribution is 2.38. The summed E-state index contributed by atoms with van der Waals surface area (Å²) in [7, 11) is 0. The summed E-state index contributed by atoms with van der Waals surface area (Å²) in [6.45, 7) is 1.67. The van der Waals surface area contributed by atoms with E-state index in [-0.39, 0.29) is 17.9 Å². The maximum Gasteiger partial charge on any atom is 0.311 e. The Kier molecular flexibility index (Phi) is 3.28. The van der Waals surface area contributed by atoms with E-state index >= 15 is 0 Å². The lowest BCUT2D eigenvalue weighted by atomic mass is 9.85. The molecule has 6 nitrogen and oxygen atoms in total. The minimum atomic E-state index is -0.891. The van der Waals surface area contributed by atoms with E-state index in [0.717, 1.165) is 6.42 Å². The molecule has 0 radical (unpaired) electrons. The summed E-state index contributed by atoms with van der Waals surface area (Å²) < 4.78 is 0. The van der Waals surface area contributed by atoms with Crippen molar-refractivity contribution < 1.29 is 19.5 Å². The molecule has 3 N–H and O–H groups in total. The predicted molar refractivity (Wildman–Crippen MR) is 62.7 cm³/mol. The van der Waals surface area contributed by atoms with Crippen LogP contribution in [0.3, 0.4) is 0 Å². The molecule has 1 saturated carbocycles. The fourth-order valence-corrected chi connectivity index (χ4v) is 2.74. The fraction of sp³-hybridized carbons (Fsp3) is 0.750. The van der Waals surface area contributed by atoms with Crippen LogP contribution in [0.5, 0.6) is 0 Å². The Morgan fingerprint density at radius 1 is 1.44 bits per heavy atom.